The van der Waals surface area contributed by atoms with Crippen LogP contribution in [0.2, 0.25) is 0 Å². The second kappa shape index (κ2) is 8.70. The van der Waals surface area contributed by atoms with Crippen molar-refractivity contribution in [1.29, 1.82) is 0 Å². The van der Waals surface area contributed by atoms with Gasteiger partial charge < -0.3 is 14.7 Å². The highest BCUT2D eigenvalue weighted by Crippen LogP contribution is 2.24. The summed E-state index contributed by atoms with van der Waals surface area (Å²) in [6.45, 7) is 1.29. The van der Waals surface area contributed by atoms with E-state index in [0.717, 1.165) is 15.4 Å². The van der Waals surface area contributed by atoms with Crippen LogP contribution in [0.3, 0.4) is 0 Å². The Bertz CT molecular complexity index is 706. The molecular weight excluding hydrogens is 360 g/mol. The van der Waals surface area contributed by atoms with Crippen molar-refractivity contribution in [1.82, 2.24) is 9.80 Å². The predicted octanol–water partition coefficient (Wildman–Crippen LogP) is 1.58. The minimum Gasteiger partial charge on any atom is -0.481 e. The average molecular weight is 380 g/mol. The van der Waals surface area contributed by atoms with E-state index in [9.17, 15) is 19.2 Å². The average Bonchev–Trinajstić information content (AvgIpc) is 2.80. The van der Waals surface area contributed by atoms with Gasteiger partial charge in [0, 0.05) is 11.4 Å². The molecule has 9 heteroatoms. The maximum atomic E-state index is 12.6. The lowest BCUT2D eigenvalue weighted by molar-refractivity contribution is -0.147. The van der Waals surface area contributed by atoms with Crippen LogP contribution >= 0.6 is 11.8 Å². The van der Waals surface area contributed by atoms with Crippen molar-refractivity contribution < 1.29 is 29.0 Å². The lowest BCUT2D eigenvalue weighted by Crippen LogP contribution is -2.37. The first-order valence-corrected chi connectivity index (χ1v) is 9.22. The molecule has 1 saturated heterocycles. The van der Waals surface area contributed by atoms with Gasteiger partial charge in [0.15, 0.2) is 0 Å². The maximum absolute atomic E-state index is 12.6. The third kappa shape index (κ3) is 4.54. The van der Waals surface area contributed by atoms with Crippen molar-refractivity contribution in [3.05, 3.63) is 29.8 Å². The van der Waals surface area contributed by atoms with Crippen LogP contribution in [0.4, 0.5) is 4.79 Å². The molecule has 3 amide bonds. The zero-order chi connectivity index (χ0) is 19.3. The Morgan fingerprint density at radius 1 is 1.23 bits per heavy atom. The van der Waals surface area contributed by atoms with Crippen LogP contribution in [-0.4, -0.2) is 64.2 Å². The number of benzene rings is 1. The molecule has 0 aromatic heterocycles. The van der Waals surface area contributed by atoms with Gasteiger partial charge >= 0.3 is 18.0 Å². The first-order chi connectivity index (χ1) is 12.4. The fourth-order valence-electron chi connectivity index (χ4n) is 2.65. The lowest BCUT2D eigenvalue weighted by Gasteiger charge is -2.21. The molecule has 140 valence electrons. The van der Waals surface area contributed by atoms with Gasteiger partial charge in [0.25, 0.3) is 5.91 Å². The molecule has 0 saturated carbocycles. The Hall–Kier alpha value is -2.55. The highest BCUT2D eigenvalue weighted by Gasteiger charge is 2.46. The number of imide groups is 1. The normalized spacial score (nSPS) is 16.9. The second-order valence-corrected chi connectivity index (χ2v) is 6.48. The number of amides is 3. The number of carboxylic acids is 1. The lowest BCUT2D eigenvalue weighted by atomic mass is 10.1. The number of esters is 1. The van der Waals surface area contributed by atoms with Crippen molar-refractivity contribution in [3.8, 4) is 0 Å². The molecular formula is C17H20N2O6S. The van der Waals surface area contributed by atoms with Gasteiger partial charge in [-0.15, -0.1) is 11.8 Å². The standard InChI is InChI=1S/C17H20N2O6S/c1-3-25-15(22)10-19-16(23)13(8-14(20)21)18(17(19)24)9-11-4-6-12(26-2)7-5-11/h4-7,13H,3,8-10H2,1-2H3,(H,20,21)/t13-/m0/s1. The summed E-state index contributed by atoms with van der Waals surface area (Å²) in [6, 6.07) is 5.55. The molecule has 1 aromatic rings. The topological polar surface area (TPSA) is 104 Å². The quantitative estimate of drug-likeness (QED) is 0.415. The van der Waals surface area contributed by atoms with Crippen molar-refractivity contribution in [2.45, 2.75) is 30.8 Å². The zero-order valence-electron chi connectivity index (χ0n) is 14.5. The minimum absolute atomic E-state index is 0.0799. The Labute approximate surface area is 155 Å². The van der Waals surface area contributed by atoms with E-state index < -0.39 is 42.9 Å². The molecule has 1 N–H and O–H groups in total. The predicted molar refractivity (Wildman–Crippen MR) is 93.5 cm³/mol. The zero-order valence-corrected chi connectivity index (χ0v) is 15.3. The van der Waals surface area contributed by atoms with E-state index in [1.54, 1.807) is 18.7 Å². The summed E-state index contributed by atoms with van der Waals surface area (Å²) in [7, 11) is 0. The molecule has 1 aromatic carbocycles. The highest BCUT2D eigenvalue weighted by molar-refractivity contribution is 7.98. The van der Waals surface area contributed by atoms with Crippen LogP contribution in [0.5, 0.6) is 0 Å². The Kier molecular flexibility index (Phi) is 6.62. The summed E-state index contributed by atoms with van der Waals surface area (Å²) in [5.41, 5.74) is 0.761. The number of hydrogen-bond acceptors (Lipinski definition) is 6. The highest BCUT2D eigenvalue weighted by atomic mass is 32.2. The minimum atomic E-state index is -1.20. The smallest absolute Gasteiger partial charge is 0.328 e. The van der Waals surface area contributed by atoms with Gasteiger partial charge in [-0.3, -0.25) is 19.3 Å². The number of hydrogen-bond donors (Lipinski definition) is 1. The number of thioether (sulfide) groups is 1. The van der Waals surface area contributed by atoms with Gasteiger partial charge in [-0.25, -0.2) is 4.79 Å². The molecule has 0 bridgehead atoms. The van der Waals surface area contributed by atoms with E-state index in [1.807, 2.05) is 30.5 Å². The number of urea groups is 1. The monoisotopic (exact) mass is 380 g/mol. The third-order valence-electron chi connectivity index (χ3n) is 3.88. The molecule has 1 aliphatic heterocycles. The van der Waals surface area contributed by atoms with E-state index >= 15 is 0 Å². The van der Waals surface area contributed by atoms with Crippen molar-refractivity contribution in [2.75, 3.05) is 19.4 Å². The summed E-state index contributed by atoms with van der Waals surface area (Å²) >= 11 is 1.57. The molecule has 1 atom stereocenters. The molecule has 1 aliphatic rings. The molecule has 0 aliphatic carbocycles. The summed E-state index contributed by atoms with van der Waals surface area (Å²) in [4.78, 5) is 50.8. The van der Waals surface area contributed by atoms with Crippen LogP contribution < -0.4 is 0 Å². The summed E-state index contributed by atoms with van der Waals surface area (Å²) in [5.74, 6) is -2.61. The largest absolute Gasteiger partial charge is 0.481 e. The summed E-state index contributed by atoms with van der Waals surface area (Å²) < 4.78 is 4.77. The van der Waals surface area contributed by atoms with Crippen LogP contribution in [-0.2, 0) is 25.7 Å². The maximum Gasteiger partial charge on any atom is 0.328 e. The third-order valence-corrected chi connectivity index (χ3v) is 4.62. The first-order valence-electron chi connectivity index (χ1n) is 7.99. The number of carboxylic acid groups (broad SMARTS) is 1. The molecule has 8 nitrogen and oxygen atoms in total. The van der Waals surface area contributed by atoms with Gasteiger partial charge in [-0.05, 0) is 30.9 Å². The SMILES string of the molecule is CCOC(=O)CN1C(=O)[C@H](CC(=O)O)N(Cc2ccc(SC)cc2)C1=O. The number of nitrogens with zero attached hydrogens (tertiary/aromatic N) is 2. The van der Waals surface area contributed by atoms with E-state index in [-0.39, 0.29) is 13.2 Å². The number of carbonyl (C=O) groups excluding carboxylic acids is 3. The van der Waals surface area contributed by atoms with Crippen LogP contribution in [0.25, 0.3) is 0 Å². The van der Waals surface area contributed by atoms with E-state index in [4.69, 9.17) is 9.84 Å². The molecule has 0 radical (unpaired) electrons. The second-order valence-electron chi connectivity index (χ2n) is 5.60. The van der Waals surface area contributed by atoms with Gasteiger partial charge in [0.2, 0.25) is 0 Å². The number of ether oxygens (including phenoxy) is 1. The molecule has 2 rings (SSSR count). The van der Waals surface area contributed by atoms with E-state index in [0.29, 0.717) is 0 Å². The first kappa shape index (κ1) is 19.8. The van der Waals surface area contributed by atoms with Crippen molar-refractivity contribution in [3.63, 3.8) is 0 Å². The molecule has 1 heterocycles. The molecule has 1 fully saturated rings. The summed E-state index contributed by atoms with van der Waals surface area (Å²) in [5, 5.41) is 9.08. The van der Waals surface area contributed by atoms with Gasteiger partial charge in [0.05, 0.1) is 13.0 Å². The molecule has 0 spiro atoms. The number of carbonyl (C=O) groups is 4. The van der Waals surface area contributed by atoms with E-state index in [1.165, 1.54) is 4.90 Å². The van der Waals surface area contributed by atoms with Crippen molar-refractivity contribution in [2.24, 2.45) is 0 Å². The van der Waals surface area contributed by atoms with Crippen LogP contribution in [0.1, 0.15) is 18.9 Å². The Morgan fingerprint density at radius 3 is 2.42 bits per heavy atom. The van der Waals surface area contributed by atoms with Gasteiger partial charge in [-0.1, -0.05) is 12.1 Å². The fourth-order valence-corrected chi connectivity index (χ4v) is 3.05. The molecule has 26 heavy (non-hydrogen) atoms. The fraction of sp³-hybridized carbons (Fsp3) is 0.412. The number of rotatable bonds is 8. The van der Waals surface area contributed by atoms with E-state index in [2.05, 4.69) is 0 Å². The van der Waals surface area contributed by atoms with Crippen molar-refractivity contribution >= 4 is 35.6 Å². The van der Waals surface area contributed by atoms with Gasteiger partial charge in [-0.2, -0.15) is 0 Å². The molecule has 0 unspecified atom stereocenters. The Morgan fingerprint density at radius 2 is 1.88 bits per heavy atom. The van der Waals surface area contributed by atoms with Gasteiger partial charge in [0.1, 0.15) is 12.6 Å². The van der Waals surface area contributed by atoms with Crippen LogP contribution in [0, 0.1) is 0 Å². The summed E-state index contributed by atoms with van der Waals surface area (Å²) in [6.07, 6.45) is 1.42. The Balaban J connectivity index is 2.21. The van der Waals surface area contributed by atoms with Crippen LogP contribution in [0.15, 0.2) is 29.2 Å². The number of aliphatic carboxylic acids is 1.